The molecule has 0 aromatic heterocycles. The van der Waals surface area contributed by atoms with Crippen LogP contribution in [0.3, 0.4) is 0 Å². The molecular formula is C20H26Cl2N2O3S. The fourth-order valence-electron chi connectivity index (χ4n) is 5.08. The molecule has 1 aromatic rings. The van der Waals surface area contributed by atoms with Crippen molar-refractivity contribution in [2.75, 3.05) is 13.1 Å². The molecule has 4 atom stereocenters. The zero-order valence-corrected chi connectivity index (χ0v) is 18.1. The largest absolute Gasteiger partial charge is 0.353 e. The lowest BCUT2D eigenvalue weighted by molar-refractivity contribution is -0.127. The van der Waals surface area contributed by atoms with Gasteiger partial charge in [0.15, 0.2) is 0 Å². The molecule has 0 spiro atoms. The SMILES string of the molecule is O=C(N[C@H]1C[C@H]2CC[C@H]1C2)[C@@H]1CCCN(S(=O)(=O)Cc2c(Cl)cccc2Cl)C1. The van der Waals surface area contributed by atoms with Gasteiger partial charge in [0, 0.05) is 34.7 Å². The summed E-state index contributed by atoms with van der Waals surface area (Å²) in [5.74, 6) is 0.850. The summed E-state index contributed by atoms with van der Waals surface area (Å²) in [5, 5.41) is 3.91. The zero-order valence-electron chi connectivity index (χ0n) is 15.7. The molecule has 1 amide bonds. The molecule has 28 heavy (non-hydrogen) atoms. The van der Waals surface area contributed by atoms with E-state index in [1.165, 1.54) is 23.6 Å². The summed E-state index contributed by atoms with van der Waals surface area (Å²) in [5.41, 5.74) is 0.416. The molecule has 1 N–H and O–H groups in total. The number of rotatable bonds is 5. The molecule has 1 heterocycles. The van der Waals surface area contributed by atoms with E-state index in [0.717, 1.165) is 18.8 Å². The molecule has 1 aromatic carbocycles. The van der Waals surface area contributed by atoms with Crippen LogP contribution in [0.15, 0.2) is 18.2 Å². The first-order valence-corrected chi connectivity index (χ1v) is 12.4. The maximum atomic E-state index is 13.0. The van der Waals surface area contributed by atoms with Crippen LogP contribution >= 0.6 is 23.2 Å². The van der Waals surface area contributed by atoms with Crippen molar-refractivity contribution >= 4 is 39.1 Å². The number of piperidine rings is 1. The van der Waals surface area contributed by atoms with E-state index >= 15 is 0 Å². The van der Waals surface area contributed by atoms with E-state index in [9.17, 15) is 13.2 Å². The van der Waals surface area contributed by atoms with E-state index in [0.29, 0.717) is 34.5 Å². The highest BCUT2D eigenvalue weighted by Crippen LogP contribution is 2.44. The fourth-order valence-corrected chi connectivity index (χ4v) is 7.44. The average Bonchev–Trinajstić information content (AvgIpc) is 3.28. The van der Waals surface area contributed by atoms with E-state index in [4.69, 9.17) is 23.2 Å². The Morgan fingerprint density at radius 3 is 2.54 bits per heavy atom. The standard InChI is InChI=1S/C20H26Cl2N2O3S/c21-17-4-1-5-18(22)16(17)12-28(26,27)24-8-2-3-15(11-24)20(25)23-19-10-13-6-7-14(19)9-13/h1,4-5,13-15,19H,2-3,6-12H2,(H,23,25)/t13-,14-,15+,19-/m0/s1. The van der Waals surface area contributed by atoms with Crippen molar-refractivity contribution in [3.05, 3.63) is 33.8 Å². The second-order valence-corrected chi connectivity index (χ2v) is 11.2. The van der Waals surface area contributed by atoms with Gasteiger partial charge in [0.05, 0.1) is 11.7 Å². The second kappa shape index (κ2) is 8.13. The Hall–Kier alpha value is -0.820. The summed E-state index contributed by atoms with van der Waals surface area (Å²) in [4.78, 5) is 12.8. The molecule has 3 fully saturated rings. The second-order valence-electron chi connectivity index (χ2n) is 8.44. The molecular weight excluding hydrogens is 419 g/mol. The molecule has 1 aliphatic heterocycles. The number of amides is 1. The number of halogens is 2. The van der Waals surface area contributed by atoms with Crippen LogP contribution in [-0.2, 0) is 20.6 Å². The van der Waals surface area contributed by atoms with Crippen LogP contribution in [0.1, 0.15) is 44.1 Å². The van der Waals surface area contributed by atoms with Gasteiger partial charge in [-0.1, -0.05) is 35.7 Å². The van der Waals surface area contributed by atoms with Gasteiger partial charge in [0.25, 0.3) is 0 Å². The van der Waals surface area contributed by atoms with Gasteiger partial charge in [-0.2, -0.15) is 0 Å². The van der Waals surface area contributed by atoms with E-state index in [-0.39, 0.29) is 30.2 Å². The number of carbonyl (C=O) groups is 1. The van der Waals surface area contributed by atoms with Crippen molar-refractivity contribution in [2.45, 2.75) is 50.3 Å². The maximum Gasteiger partial charge on any atom is 0.224 e. The van der Waals surface area contributed by atoms with Crippen LogP contribution in [0, 0.1) is 17.8 Å². The normalized spacial score (nSPS) is 30.5. The highest BCUT2D eigenvalue weighted by molar-refractivity contribution is 7.88. The molecule has 0 radical (unpaired) electrons. The van der Waals surface area contributed by atoms with Gasteiger partial charge in [0.1, 0.15) is 0 Å². The number of benzene rings is 1. The molecule has 4 rings (SSSR count). The van der Waals surface area contributed by atoms with Crippen molar-refractivity contribution in [1.82, 2.24) is 9.62 Å². The molecule has 2 bridgehead atoms. The predicted octanol–water partition coefficient (Wildman–Crippen LogP) is 3.84. The first kappa shape index (κ1) is 20.5. The van der Waals surface area contributed by atoms with Crippen LogP contribution in [0.25, 0.3) is 0 Å². The van der Waals surface area contributed by atoms with E-state index in [1.807, 2.05) is 0 Å². The van der Waals surface area contributed by atoms with Crippen molar-refractivity contribution in [3.8, 4) is 0 Å². The molecule has 2 saturated carbocycles. The third-order valence-corrected chi connectivity index (χ3v) is 9.08. The Kier molecular flexibility index (Phi) is 5.94. The van der Waals surface area contributed by atoms with E-state index < -0.39 is 10.0 Å². The van der Waals surface area contributed by atoms with Crippen molar-refractivity contribution in [2.24, 2.45) is 17.8 Å². The molecule has 5 nitrogen and oxygen atoms in total. The number of hydrogen-bond donors (Lipinski definition) is 1. The highest BCUT2D eigenvalue weighted by atomic mass is 35.5. The monoisotopic (exact) mass is 444 g/mol. The lowest BCUT2D eigenvalue weighted by atomic mass is 9.93. The zero-order chi connectivity index (χ0) is 19.9. The molecule has 2 aliphatic carbocycles. The van der Waals surface area contributed by atoms with Gasteiger partial charge >= 0.3 is 0 Å². The summed E-state index contributed by atoms with van der Waals surface area (Å²) < 4.78 is 27.3. The number of nitrogens with zero attached hydrogens (tertiary/aromatic N) is 1. The van der Waals surface area contributed by atoms with Crippen molar-refractivity contribution < 1.29 is 13.2 Å². The van der Waals surface area contributed by atoms with Gasteiger partial charge in [-0.15, -0.1) is 0 Å². The van der Waals surface area contributed by atoms with Gasteiger partial charge in [-0.05, 0) is 56.1 Å². The fraction of sp³-hybridized carbons (Fsp3) is 0.650. The summed E-state index contributed by atoms with van der Waals surface area (Å²) >= 11 is 12.3. The molecule has 0 unspecified atom stereocenters. The maximum absolute atomic E-state index is 13.0. The van der Waals surface area contributed by atoms with Gasteiger partial charge in [-0.25, -0.2) is 12.7 Å². The van der Waals surface area contributed by atoms with Crippen LogP contribution in [-0.4, -0.2) is 37.8 Å². The smallest absolute Gasteiger partial charge is 0.224 e. The van der Waals surface area contributed by atoms with E-state index in [1.54, 1.807) is 18.2 Å². The molecule has 8 heteroatoms. The Labute approximate surface area is 176 Å². The summed E-state index contributed by atoms with van der Waals surface area (Å²) in [7, 11) is -3.60. The minimum absolute atomic E-state index is 0.00762. The van der Waals surface area contributed by atoms with E-state index in [2.05, 4.69) is 5.32 Å². The lowest BCUT2D eigenvalue weighted by Crippen LogP contribution is -2.48. The highest BCUT2D eigenvalue weighted by Gasteiger charge is 2.41. The first-order valence-electron chi connectivity index (χ1n) is 10.0. The Balaban J connectivity index is 1.40. The van der Waals surface area contributed by atoms with Crippen LogP contribution in [0.4, 0.5) is 0 Å². The third kappa shape index (κ3) is 4.20. The topological polar surface area (TPSA) is 66.5 Å². The number of fused-ring (bicyclic) bond motifs is 2. The number of hydrogen-bond acceptors (Lipinski definition) is 3. The summed E-state index contributed by atoms with van der Waals surface area (Å²) in [6.07, 6.45) is 6.22. The van der Waals surface area contributed by atoms with Gasteiger partial charge in [0.2, 0.25) is 15.9 Å². The number of sulfonamides is 1. The van der Waals surface area contributed by atoms with Crippen LogP contribution in [0.5, 0.6) is 0 Å². The average molecular weight is 445 g/mol. The third-order valence-electron chi connectivity index (χ3n) is 6.60. The van der Waals surface area contributed by atoms with Crippen LogP contribution < -0.4 is 5.32 Å². The lowest BCUT2D eigenvalue weighted by Gasteiger charge is -2.33. The minimum atomic E-state index is -3.60. The Bertz CT molecular complexity index is 841. The summed E-state index contributed by atoms with van der Waals surface area (Å²) in [6.45, 7) is 0.666. The van der Waals surface area contributed by atoms with Gasteiger partial charge < -0.3 is 5.32 Å². The Morgan fingerprint density at radius 2 is 1.89 bits per heavy atom. The molecule has 3 aliphatic rings. The predicted molar refractivity (Wildman–Crippen MR) is 111 cm³/mol. The quantitative estimate of drug-likeness (QED) is 0.749. The van der Waals surface area contributed by atoms with Crippen LogP contribution in [0.2, 0.25) is 10.0 Å². The Morgan fingerprint density at radius 1 is 1.14 bits per heavy atom. The minimum Gasteiger partial charge on any atom is -0.353 e. The summed E-state index contributed by atoms with van der Waals surface area (Å²) in [6, 6.07) is 5.25. The number of carbonyl (C=O) groups excluding carboxylic acids is 1. The van der Waals surface area contributed by atoms with Crippen molar-refractivity contribution in [3.63, 3.8) is 0 Å². The molecule has 154 valence electrons. The first-order chi connectivity index (χ1) is 13.3. The molecule has 1 saturated heterocycles. The number of nitrogens with one attached hydrogen (secondary N) is 1. The van der Waals surface area contributed by atoms with Crippen molar-refractivity contribution in [1.29, 1.82) is 0 Å². The van der Waals surface area contributed by atoms with Gasteiger partial charge in [-0.3, -0.25) is 4.79 Å².